The molecule has 6 heteroatoms. The maximum absolute atomic E-state index is 5.72. The Morgan fingerprint density at radius 2 is 2.33 bits per heavy atom. The Hall–Kier alpha value is -1.69. The third-order valence-electron chi connectivity index (χ3n) is 2.73. The Kier molecular flexibility index (Phi) is 1.81. The van der Waals surface area contributed by atoms with E-state index in [1.807, 2.05) is 10.6 Å². The first kappa shape index (κ1) is 8.60. The van der Waals surface area contributed by atoms with Gasteiger partial charge < -0.3 is 11.1 Å². The second-order valence-corrected chi connectivity index (χ2v) is 3.91. The molecular formula is C9H12N6. The highest BCUT2D eigenvalue weighted by atomic mass is 15.2. The fourth-order valence-corrected chi connectivity index (χ4v) is 1.83. The molecule has 78 valence electrons. The summed E-state index contributed by atoms with van der Waals surface area (Å²) in [5.74, 6) is 0.784. The van der Waals surface area contributed by atoms with Gasteiger partial charge in [-0.2, -0.15) is 0 Å². The lowest BCUT2D eigenvalue weighted by molar-refractivity contribution is 0.373. The molecule has 0 saturated heterocycles. The highest BCUT2D eigenvalue weighted by Gasteiger charge is 2.26. The minimum Gasteiger partial charge on any atom is -0.364 e. The molecule has 0 aromatic carbocycles. The zero-order chi connectivity index (χ0) is 10.3. The van der Waals surface area contributed by atoms with Crippen LogP contribution in [0.2, 0.25) is 0 Å². The molecule has 6 nitrogen and oxygen atoms in total. The van der Waals surface area contributed by atoms with Gasteiger partial charge in [-0.3, -0.25) is 4.40 Å². The van der Waals surface area contributed by atoms with Crippen LogP contribution in [-0.4, -0.2) is 31.7 Å². The Balaban J connectivity index is 1.87. The van der Waals surface area contributed by atoms with Crippen LogP contribution in [0, 0.1) is 0 Å². The van der Waals surface area contributed by atoms with Gasteiger partial charge in [0.2, 0.25) is 5.65 Å². The van der Waals surface area contributed by atoms with Gasteiger partial charge in [-0.05, 0) is 12.8 Å². The molecule has 0 spiro atoms. The van der Waals surface area contributed by atoms with Crippen molar-refractivity contribution in [2.45, 2.75) is 24.9 Å². The first-order valence-electron chi connectivity index (χ1n) is 4.99. The van der Waals surface area contributed by atoms with E-state index >= 15 is 0 Å². The summed E-state index contributed by atoms with van der Waals surface area (Å²) < 4.78 is 1.84. The number of hydrogen-bond donors (Lipinski definition) is 2. The lowest BCUT2D eigenvalue weighted by Gasteiger charge is -2.33. The van der Waals surface area contributed by atoms with Gasteiger partial charge in [-0.15, -0.1) is 10.2 Å². The lowest BCUT2D eigenvalue weighted by Crippen LogP contribution is -2.44. The molecule has 0 atom stereocenters. The molecule has 0 aliphatic heterocycles. The van der Waals surface area contributed by atoms with Crippen LogP contribution in [0.4, 0.5) is 5.82 Å². The predicted molar refractivity (Wildman–Crippen MR) is 55.4 cm³/mol. The van der Waals surface area contributed by atoms with Crippen molar-refractivity contribution in [1.29, 1.82) is 0 Å². The van der Waals surface area contributed by atoms with E-state index in [0.29, 0.717) is 12.1 Å². The molecule has 3 rings (SSSR count). The first-order valence-corrected chi connectivity index (χ1v) is 4.99. The van der Waals surface area contributed by atoms with Crippen molar-refractivity contribution >= 4 is 11.5 Å². The molecule has 1 saturated carbocycles. The largest absolute Gasteiger partial charge is 0.364 e. The van der Waals surface area contributed by atoms with Gasteiger partial charge in [-0.25, -0.2) is 4.98 Å². The van der Waals surface area contributed by atoms with E-state index in [1.165, 1.54) is 0 Å². The number of aromatic nitrogens is 4. The third-order valence-corrected chi connectivity index (χ3v) is 2.73. The molecule has 15 heavy (non-hydrogen) atoms. The summed E-state index contributed by atoms with van der Waals surface area (Å²) in [6, 6.07) is 0.760. The zero-order valence-corrected chi connectivity index (χ0v) is 8.17. The first-order chi connectivity index (χ1) is 7.33. The Labute approximate surface area is 86.5 Å². The number of rotatable bonds is 2. The van der Waals surface area contributed by atoms with Gasteiger partial charge >= 0.3 is 0 Å². The molecule has 1 aliphatic carbocycles. The number of fused-ring (bicyclic) bond motifs is 1. The summed E-state index contributed by atoms with van der Waals surface area (Å²) in [4.78, 5) is 4.25. The number of hydrogen-bond acceptors (Lipinski definition) is 5. The van der Waals surface area contributed by atoms with E-state index in [4.69, 9.17) is 5.73 Å². The van der Waals surface area contributed by atoms with Crippen LogP contribution in [0.1, 0.15) is 12.8 Å². The standard InChI is InChI=1S/C9H12N6/c10-6-3-7(4-6)13-8-9-14-12-5-15(9)2-1-11-8/h1-2,5-7H,3-4,10H2,(H,11,13). The van der Waals surface area contributed by atoms with Crippen LogP contribution in [0.5, 0.6) is 0 Å². The van der Waals surface area contributed by atoms with E-state index in [0.717, 1.165) is 24.3 Å². The maximum atomic E-state index is 5.72. The molecule has 0 amide bonds. The Morgan fingerprint density at radius 1 is 1.47 bits per heavy atom. The van der Waals surface area contributed by atoms with Gasteiger partial charge in [0.1, 0.15) is 6.33 Å². The fraction of sp³-hybridized carbons (Fsp3) is 0.444. The van der Waals surface area contributed by atoms with Gasteiger partial charge in [0.15, 0.2) is 5.82 Å². The van der Waals surface area contributed by atoms with Crippen molar-refractivity contribution in [2.75, 3.05) is 5.32 Å². The number of anilines is 1. The number of nitrogens with two attached hydrogens (primary N) is 1. The summed E-state index contributed by atoms with van der Waals surface area (Å²) in [6.07, 6.45) is 7.22. The topological polar surface area (TPSA) is 81.1 Å². The van der Waals surface area contributed by atoms with E-state index < -0.39 is 0 Å². The third kappa shape index (κ3) is 1.42. The Bertz CT molecular complexity index is 472. The van der Waals surface area contributed by atoms with Crippen molar-refractivity contribution < 1.29 is 0 Å². The van der Waals surface area contributed by atoms with Gasteiger partial charge in [0, 0.05) is 24.5 Å². The minimum absolute atomic E-state index is 0.333. The Morgan fingerprint density at radius 3 is 3.13 bits per heavy atom. The lowest BCUT2D eigenvalue weighted by atomic mass is 9.88. The van der Waals surface area contributed by atoms with Gasteiger partial charge in [-0.1, -0.05) is 0 Å². The van der Waals surface area contributed by atoms with Crippen LogP contribution in [0.15, 0.2) is 18.7 Å². The van der Waals surface area contributed by atoms with E-state index in [1.54, 1.807) is 12.5 Å². The van der Waals surface area contributed by atoms with Crippen LogP contribution < -0.4 is 11.1 Å². The number of nitrogens with zero attached hydrogens (tertiary/aromatic N) is 4. The van der Waals surface area contributed by atoms with Gasteiger partial charge in [0.25, 0.3) is 0 Å². The summed E-state index contributed by atoms with van der Waals surface area (Å²) in [6.45, 7) is 0. The molecule has 1 fully saturated rings. The van der Waals surface area contributed by atoms with Crippen molar-refractivity contribution in [2.24, 2.45) is 5.73 Å². The SMILES string of the molecule is NC1CC(Nc2nccn3cnnc23)C1. The van der Waals surface area contributed by atoms with Crippen LogP contribution >= 0.6 is 0 Å². The quantitative estimate of drug-likeness (QED) is 0.721. The summed E-state index contributed by atoms with van der Waals surface area (Å²) in [5.41, 5.74) is 6.48. The highest BCUT2D eigenvalue weighted by Crippen LogP contribution is 2.22. The monoisotopic (exact) mass is 204 g/mol. The van der Waals surface area contributed by atoms with Crippen LogP contribution in [0.3, 0.4) is 0 Å². The van der Waals surface area contributed by atoms with Crippen molar-refractivity contribution in [3.8, 4) is 0 Å². The molecule has 0 bridgehead atoms. The minimum atomic E-state index is 0.333. The van der Waals surface area contributed by atoms with Crippen LogP contribution in [0.25, 0.3) is 5.65 Å². The zero-order valence-electron chi connectivity index (χ0n) is 8.17. The smallest absolute Gasteiger partial charge is 0.203 e. The molecule has 2 aromatic rings. The van der Waals surface area contributed by atoms with Crippen molar-refractivity contribution in [1.82, 2.24) is 19.6 Å². The number of nitrogens with one attached hydrogen (secondary N) is 1. The molecule has 2 aromatic heterocycles. The normalized spacial score (nSPS) is 25.1. The highest BCUT2D eigenvalue weighted by molar-refractivity contribution is 5.61. The second kappa shape index (κ2) is 3.16. The summed E-state index contributed by atoms with van der Waals surface area (Å²) >= 11 is 0. The van der Waals surface area contributed by atoms with Gasteiger partial charge in [0.05, 0.1) is 0 Å². The molecule has 0 radical (unpaired) electrons. The molecule has 2 heterocycles. The average Bonchev–Trinajstić information content (AvgIpc) is 2.64. The molecule has 3 N–H and O–H groups in total. The van der Waals surface area contributed by atoms with Crippen molar-refractivity contribution in [3.05, 3.63) is 18.7 Å². The van der Waals surface area contributed by atoms with Crippen molar-refractivity contribution in [3.63, 3.8) is 0 Å². The van der Waals surface area contributed by atoms with Crippen LogP contribution in [-0.2, 0) is 0 Å². The predicted octanol–water partition coefficient (Wildman–Crippen LogP) is 0.0259. The average molecular weight is 204 g/mol. The maximum Gasteiger partial charge on any atom is 0.203 e. The summed E-state index contributed by atoms with van der Waals surface area (Å²) in [5, 5.41) is 11.2. The second-order valence-electron chi connectivity index (χ2n) is 3.91. The van der Waals surface area contributed by atoms with E-state index in [9.17, 15) is 0 Å². The molecule has 0 unspecified atom stereocenters. The molecule has 1 aliphatic rings. The van der Waals surface area contributed by atoms with E-state index in [2.05, 4.69) is 20.5 Å². The fourth-order valence-electron chi connectivity index (χ4n) is 1.83. The summed E-state index contributed by atoms with van der Waals surface area (Å²) in [7, 11) is 0. The van der Waals surface area contributed by atoms with E-state index in [-0.39, 0.29) is 0 Å². The molecular weight excluding hydrogens is 192 g/mol.